The van der Waals surface area contributed by atoms with Gasteiger partial charge in [0, 0.05) is 31.9 Å². The number of anilines is 1. The van der Waals surface area contributed by atoms with Crippen molar-refractivity contribution in [3.63, 3.8) is 0 Å². The van der Waals surface area contributed by atoms with Crippen LogP contribution in [-0.4, -0.2) is 30.0 Å². The molecule has 0 aliphatic rings. The summed E-state index contributed by atoms with van der Waals surface area (Å²) in [6.07, 6.45) is 0. The first kappa shape index (κ1) is 15.4. The van der Waals surface area contributed by atoms with E-state index in [2.05, 4.69) is 21.2 Å². The van der Waals surface area contributed by atoms with E-state index < -0.39 is 0 Å². The number of amides is 1. The van der Waals surface area contributed by atoms with Crippen LogP contribution < -0.4 is 5.32 Å². The Morgan fingerprint density at radius 2 is 1.86 bits per heavy atom. The monoisotopic (exact) mass is 348 g/mol. The van der Waals surface area contributed by atoms with Gasteiger partial charge in [0.2, 0.25) is 0 Å². The van der Waals surface area contributed by atoms with Crippen LogP contribution in [0, 0.1) is 0 Å². The molecule has 0 bridgehead atoms. The third kappa shape index (κ3) is 3.98. The maximum absolute atomic E-state index is 11.8. The van der Waals surface area contributed by atoms with E-state index in [-0.39, 0.29) is 11.7 Å². The van der Waals surface area contributed by atoms with Crippen LogP contribution in [0.2, 0.25) is 0 Å². The lowest BCUT2D eigenvalue weighted by Gasteiger charge is -2.11. The van der Waals surface area contributed by atoms with Gasteiger partial charge >= 0.3 is 0 Å². The minimum absolute atomic E-state index is 0.0102. The number of phenols is 1. The second-order valence-corrected chi connectivity index (χ2v) is 5.77. The van der Waals surface area contributed by atoms with Gasteiger partial charge in [0.15, 0.2) is 0 Å². The number of carbonyl (C=O) groups is 1. The lowest BCUT2D eigenvalue weighted by Crippen LogP contribution is -2.21. The molecule has 0 fully saturated rings. The Morgan fingerprint density at radius 3 is 2.43 bits per heavy atom. The summed E-state index contributed by atoms with van der Waals surface area (Å²) in [5.41, 5.74) is 2.65. The summed E-state index contributed by atoms with van der Waals surface area (Å²) in [6.45, 7) is 0.639. The van der Waals surface area contributed by atoms with E-state index in [1.807, 2.05) is 24.3 Å². The molecule has 0 spiro atoms. The highest BCUT2D eigenvalue weighted by atomic mass is 79.9. The summed E-state index contributed by atoms with van der Waals surface area (Å²) in [7, 11) is 3.47. The van der Waals surface area contributed by atoms with Gasteiger partial charge in [-0.1, -0.05) is 6.07 Å². The molecule has 1 amide bonds. The molecule has 2 N–H and O–H groups in total. The second-order valence-electron chi connectivity index (χ2n) is 4.92. The topological polar surface area (TPSA) is 52.6 Å². The molecule has 0 atom stereocenters. The van der Waals surface area contributed by atoms with Crippen molar-refractivity contribution < 1.29 is 9.90 Å². The highest BCUT2D eigenvalue weighted by Gasteiger charge is 2.07. The maximum atomic E-state index is 11.8. The second kappa shape index (κ2) is 6.63. The Balaban J connectivity index is 2.00. The average Bonchev–Trinajstić information content (AvgIpc) is 2.48. The number of hydrogen-bond donors (Lipinski definition) is 2. The van der Waals surface area contributed by atoms with Gasteiger partial charge in [0.05, 0.1) is 4.47 Å². The number of halogens is 1. The molecule has 2 rings (SSSR count). The van der Waals surface area contributed by atoms with Crippen molar-refractivity contribution in [2.24, 2.45) is 0 Å². The third-order valence-electron chi connectivity index (χ3n) is 3.05. The summed E-state index contributed by atoms with van der Waals surface area (Å²) in [4.78, 5) is 13.3. The average molecular weight is 349 g/mol. The predicted molar refractivity (Wildman–Crippen MR) is 87.6 cm³/mol. The molecule has 0 saturated carbocycles. The molecule has 0 aromatic heterocycles. The van der Waals surface area contributed by atoms with Crippen LogP contribution in [-0.2, 0) is 6.54 Å². The molecule has 0 radical (unpaired) electrons. The smallest absolute Gasteiger partial charge is 0.253 e. The van der Waals surface area contributed by atoms with Crippen molar-refractivity contribution in [3.8, 4) is 5.75 Å². The fourth-order valence-corrected chi connectivity index (χ4v) is 2.28. The lowest BCUT2D eigenvalue weighted by molar-refractivity contribution is 0.0827. The van der Waals surface area contributed by atoms with Gasteiger partial charge < -0.3 is 15.3 Å². The summed E-state index contributed by atoms with van der Waals surface area (Å²) >= 11 is 3.29. The molecule has 4 nitrogen and oxygen atoms in total. The molecular formula is C16H17BrN2O2. The van der Waals surface area contributed by atoms with Crippen molar-refractivity contribution in [1.29, 1.82) is 0 Å². The Morgan fingerprint density at radius 1 is 1.19 bits per heavy atom. The van der Waals surface area contributed by atoms with Gasteiger partial charge in [-0.2, -0.15) is 0 Å². The molecule has 0 aliphatic heterocycles. The third-order valence-corrected chi connectivity index (χ3v) is 3.68. The fourth-order valence-electron chi connectivity index (χ4n) is 1.85. The van der Waals surface area contributed by atoms with Crippen LogP contribution in [0.25, 0.3) is 0 Å². The Bertz CT molecular complexity index is 639. The van der Waals surface area contributed by atoms with E-state index >= 15 is 0 Å². The zero-order chi connectivity index (χ0) is 15.4. The first-order valence-corrected chi connectivity index (χ1v) is 7.29. The van der Waals surface area contributed by atoms with E-state index in [4.69, 9.17) is 0 Å². The molecule has 5 heteroatoms. The summed E-state index contributed by atoms with van der Waals surface area (Å²) in [5.74, 6) is 0.217. The minimum atomic E-state index is -0.0102. The molecule has 110 valence electrons. The SMILES string of the molecule is CN(C)C(=O)c1ccc(NCc2ccc(O)c(Br)c2)cc1. The van der Waals surface area contributed by atoms with Crippen molar-refractivity contribution >= 4 is 27.5 Å². The first-order valence-electron chi connectivity index (χ1n) is 6.50. The van der Waals surface area contributed by atoms with Crippen LogP contribution in [0.1, 0.15) is 15.9 Å². The molecular weight excluding hydrogens is 332 g/mol. The Kier molecular flexibility index (Phi) is 4.85. The minimum Gasteiger partial charge on any atom is -0.507 e. The highest BCUT2D eigenvalue weighted by molar-refractivity contribution is 9.10. The zero-order valence-corrected chi connectivity index (χ0v) is 13.5. The number of hydrogen-bond acceptors (Lipinski definition) is 3. The fraction of sp³-hybridized carbons (Fsp3) is 0.188. The predicted octanol–water partition coefficient (Wildman–Crippen LogP) is 3.47. The standard InChI is InChI=1S/C16H17BrN2O2/c1-19(2)16(21)12-4-6-13(7-5-12)18-10-11-3-8-15(20)14(17)9-11/h3-9,18,20H,10H2,1-2H3. The van der Waals surface area contributed by atoms with E-state index in [0.717, 1.165) is 11.3 Å². The number of nitrogens with zero attached hydrogens (tertiary/aromatic N) is 1. The quantitative estimate of drug-likeness (QED) is 0.889. The van der Waals surface area contributed by atoms with Crippen LogP contribution in [0.4, 0.5) is 5.69 Å². The van der Waals surface area contributed by atoms with E-state index in [0.29, 0.717) is 16.6 Å². The first-order chi connectivity index (χ1) is 9.97. The summed E-state index contributed by atoms with van der Waals surface area (Å²) < 4.78 is 0.675. The van der Waals surface area contributed by atoms with Gasteiger partial charge in [0.25, 0.3) is 5.91 Å². The van der Waals surface area contributed by atoms with Crippen molar-refractivity contribution in [2.45, 2.75) is 6.54 Å². The number of nitrogens with one attached hydrogen (secondary N) is 1. The van der Waals surface area contributed by atoms with Gasteiger partial charge in [-0.05, 0) is 57.9 Å². The largest absolute Gasteiger partial charge is 0.507 e. The molecule has 0 heterocycles. The van der Waals surface area contributed by atoms with Gasteiger partial charge in [0.1, 0.15) is 5.75 Å². The molecule has 21 heavy (non-hydrogen) atoms. The van der Waals surface area contributed by atoms with Crippen LogP contribution in [0.5, 0.6) is 5.75 Å². The number of aromatic hydroxyl groups is 1. The van der Waals surface area contributed by atoms with Gasteiger partial charge in [-0.15, -0.1) is 0 Å². The molecule has 2 aromatic carbocycles. The lowest BCUT2D eigenvalue weighted by atomic mass is 10.1. The van der Waals surface area contributed by atoms with E-state index in [1.54, 1.807) is 37.2 Å². The summed E-state index contributed by atoms with van der Waals surface area (Å²) in [5, 5.41) is 12.7. The molecule has 0 unspecified atom stereocenters. The van der Waals surface area contributed by atoms with Crippen molar-refractivity contribution in [3.05, 3.63) is 58.1 Å². The van der Waals surface area contributed by atoms with Crippen molar-refractivity contribution in [1.82, 2.24) is 4.90 Å². The Hall–Kier alpha value is -2.01. The molecule has 0 saturated heterocycles. The molecule has 2 aromatic rings. The van der Waals surface area contributed by atoms with Crippen LogP contribution >= 0.6 is 15.9 Å². The molecule has 0 aliphatic carbocycles. The van der Waals surface area contributed by atoms with Crippen molar-refractivity contribution in [2.75, 3.05) is 19.4 Å². The van der Waals surface area contributed by atoms with Gasteiger partial charge in [-0.3, -0.25) is 4.79 Å². The number of benzene rings is 2. The maximum Gasteiger partial charge on any atom is 0.253 e. The number of phenolic OH excluding ortho intramolecular Hbond substituents is 1. The van der Waals surface area contributed by atoms with Gasteiger partial charge in [-0.25, -0.2) is 0 Å². The highest BCUT2D eigenvalue weighted by Crippen LogP contribution is 2.24. The number of carbonyl (C=O) groups excluding carboxylic acids is 1. The number of rotatable bonds is 4. The Labute approximate surface area is 132 Å². The van der Waals surface area contributed by atoms with E-state index in [1.165, 1.54) is 0 Å². The van der Waals surface area contributed by atoms with Crippen LogP contribution in [0.15, 0.2) is 46.9 Å². The van der Waals surface area contributed by atoms with Crippen LogP contribution in [0.3, 0.4) is 0 Å². The zero-order valence-electron chi connectivity index (χ0n) is 11.9. The normalized spacial score (nSPS) is 10.2. The van der Waals surface area contributed by atoms with E-state index in [9.17, 15) is 9.90 Å². The summed E-state index contributed by atoms with van der Waals surface area (Å²) in [6, 6.07) is 12.7.